The minimum Gasteiger partial charge on any atom is -0.497 e. The number of likely N-dealkylation sites (N-methyl/N-ethyl adjacent to an activating group) is 1. The molecule has 29 heavy (non-hydrogen) atoms. The number of benzene rings is 3. The van der Waals surface area contributed by atoms with Crippen LogP contribution in [0.25, 0.3) is 10.8 Å². The Hall–Kier alpha value is -3.12. The fraction of sp³-hybridized carbons (Fsp3) is 0.227. The largest absolute Gasteiger partial charge is 0.497 e. The van der Waals surface area contributed by atoms with Crippen LogP contribution in [0.1, 0.15) is 24.0 Å². The highest BCUT2D eigenvalue weighted by atomic mass is 35.5. The van der Waals surface area contributed by atoms with Crippen molar-refractivity contribution >= 4 is 34.0 Å². The first-order valence-electron chi connectivity index (χ1n) is 9.05. The van der Waals surface area contributed by atoms with Crippen LogP contribution in [0.5, 0.6) is 5.75 Å². The van der Waals surface area contributed by atoms with Crippen molar-refractivity contribution in [1.29, 1.82) is 0 Å². The van der Waals surface area contributed by atoms with Gasteiger partial charge in [0.1, 0.15) is 5.75 Å². The summed E-state index contributed by atoms with van der Waals surface area (Å²) in [6.45, 7) is 2.03. The lowest BCUT2D eigenvalue weighted by Gasteiger charge is -2.22. The number of amides is 1. The number of carbonyl (C=O) groups excluding carboxylic acids is 1. The Morgan fingerprint density at radius 2 is 1.83 bits per heavy atom. The van der Waals surface area contributed by atoms with Gasteiger partial charge in [-0.05, 0) is 47.0 Å². The SMILES string of the molecule is COc1ccc2cc([C@@H](C)C(=O)N(C)Cc3cc([N+](=O)[O-])ccc3Cl)ccc2c1. The van der Waals surface area contributed by atoms with Crippen LogP contribution in [0.2, 0.25) is 5.02 Å². The number of fused-ring (bicyclic) bond motifs is 1. The van der Waals surface area contributed by atoms with E-state index in [0.717, 1.165) is 22.1 Å². The Morgan fingerprint density at radius 1 is 1.14 bits per heavy atom. The highest BCUT2D eigenvalue weighted by Crippen LogP contribution is 2.27. The number of hydrogen-bond donors (Lipinski definition) is 0. The van der Waals surface area contributed by atoms with E-state index in [2.05, 4.69) is 0 Å². The van der Waals surface area contributed by atoms with Crippen molar-refractivity contribution in [2.24, 2.45) is 0 Å². The third-order valence-corrected chi connectivity index (χ3v) is 5.33. The number of nitrogens with zero attached hydrogens (tertiary/aromatic N) is 2. The van der Waals surface area contributed by atoms with Crippen molar-refractivity contribution in [2.45, 2.75) is 19.4 Å². The van der Waals surface area contributed by atoms with E-state index in [1.165, 1.54) is 23.1 Å². The average Bonchev–Trinajstić information content (AvgIpc) is 2.73. The monoisotopic (exact) mass is 412 g/mol. The predicted molar refractivity (Wildman–Crippen MR) is 113 cm³/mol. The summed E-state index contributed by atoms with van der Waals surface area (Å²) in [7, 11) is 3.29. The summed E-state index contributed by atoms with van der Waals surface area (Å²) in [5.41, 5.74) is 1.38. The van der Waals surface area contributed by atoms with Gasteiger partial charge in [0, 0.05) is 30.7 Å². The molecule has 0 fully saturated rings. The third kappa shape index (κ3) is 4.49. The first-order chi connectivity index (χ1) is 13.8. The second-order valence-electron chi connectivity index (χ2n) is 6.92. The Labute approximate surface area is 173 Å². The van der Waals surface area contributed by atoms with Gasteiger partial charge in [-0.3, -0.25) is 14.9 Å². The quantitative estimate of drug-likeness (QED) is 0.413. The van der Waals surface area contributed by atoms with Gasteiger partial charge in [-0.15, -0.1) is 0 Å². The molecule has 1 atom stereocenters. The number of ether oxygens (including phenoxy) is 1. The second kappa shape index (κ2) is 8.49. The average molecular weight is 413 g/mol. The van der Waals surface area contributed by atoms with Gasteiger partial charge in [-0.25, -0.2) is 0 Å². The standard InChI is InChI=1S/C22H21ClN2O4/c1-14(15-4-5-17-12-20(29-3)8-6-16(17)10-15)22(26)24(2)13-18-11-19(25(27)28)7-9-21(18)23/h4-12,14H,13H2,1-3H3/t14-/m1/s1. The lowest BCUT2D eigenvalue weighted by atomic mass is 9.96. The minimum absolute atomic E-state index is 0.0525. The number of methoxy groups -OCH3 is 1. The topological polar surface area (TPSA) is 72.7 Å². The summed E-state index contributed by atoms with van der Waals surface area (Å²) in [4.78, 5) is 25.0. The summed E-state index contributed by atoms with van der Waals surface area (Å²) in [5.74, 6) is 0.312. The van der Waals surface area contributed by atoms with Crippen LogP contribution in [0.4, 0.5) is 5.69 Å². The molecule has 3 rings (SSSR count). The molecule has 0 spiro atoms. The lowest BCUT2D eigenvalue weighted by molar-refractivity contribution is -0.384. The molecule has 0 aliphatic rings. The molecule has 7 heteroatoms. The molecular weight excluding hydrogens is 392 g/mol. The van der Waals surface area contributed by atoms with Gasteiger partial charge < -0.3 is 9.64 Å². The number of halogens is 1. The van der Waals surface area contributed by atoms with Gasteiger partial charge in [0.15, 0.2) is 0 Å². The maximum Gasteiger partial charge on any atom is 0.269 e. The molecule has 0 bridgehead atoms. The molecule has 0 unspecified atom stereocenters. The van der Waals surface area contributed by atoms with E-state index >= 15 is 0 Å². The van der Waals surface area contributed by atoms with Gasteiger partial charge in [-0.2, -0.15) is 0 Å². The van der Waals surface area contributed by atoms with Crippen molar-refractivity contribution in [2.75, 3.05) is 14.2 Å². The molecule has 6 nitrogen and oxygen atoms in total. The van der Waals surface area contributed by atoms with E-state index in [9.17, 15) is 14.9 Å². The molecule has 3 aromatic rings. The molecule has 150 valence electrons. The zero-order valence-corrected chi connectivity index (χ0v) is 17.1. The van der Waals surface area contributed by atoms with Crippen LogP contribution in [0, 0.1) is 10.1 Å². The van der Waals surface area contributed by atoms with Gasteiger partial charge in [0.25, 0.3) is 5.69 Å². The Kier molecular flexibility index (Phi) is 6.03. The second-order valence-corrected chi connectivity index (χ2v) is 7.33. The molecule has 0 radical (unpaired) electrons. The Balaban J connectivity index is 1.80. The minimum atomic E-state index is -0.478. The summed E-state index contributed by atoms with van der Waals surface area (Å²) in [5, 5.41) is 13.4. The van der Waals surface area contributed by atoms with Gasteiger partial charge in [0.2, 0.25) is 5.91 Å². The summed E-state index contributed by atoms with van der Waals surface area (Å²) in [6.07, 6.45) is 0. The molecule has 0 aliphatic carbocycles. The van der Waals surface area contributed by atoms with Gasteiger partial charge >= 0.3 is 0 Å². The summed E-state index contributed by atoms with van der Waals surface area (Å²) >= 11 is 6.17. The number of hydrogen-bond acceptors (Lipinski definition) is 4. The van der Waals surface area contributed by atoms with Crippen LogP contribution < -0.4 is 4.74 Å². The highest BCUT2D eigenvalue weighted by molar-refractivity contribution is 6.31. The molecule has 0 aromatic heterocycles. The smallest absolute Gasteiger partial charge is 0.269 e. The van der Waals surface area contributed by atoms with E-state index in [1.54, 1.807) is 14.2 Å². The maximum absolute atomic E-state index is 12.9. The van der Waals surface area contributed by atoms with Crippen molar-refractivity contribution in [3.8, 4) is 5.75 Å². The van der Waals surface area contributed by atoms with E-state index in [0.29, 0.717) is 10.6 Å². The van der Waals surface area contributed by atoms with E-state index in [4.69, 9.17) is 16.3 Å². The van der Waals surface area contributed by atoms with Crippen molar-refractivity contribution in [1.82, 2.24) is 4.90 Å². The number of nitro benzene ring substituents is 1. The fourth-order valence-electron chi connectivity index (χ4n) is 3.24. The van der Waals surface area contributed by atoms with Crippen molar-refractivity contribution in [3.05, 3.63) is 80.9 Å². The zero-order chi connectivity index (χ0) is 21.1. The molecule has 0 saturated carbocycles. The Bertz CT molecular complexity index is 1080. The number of nitro groups is 1. The highest BCUT2D eigenvalue weighted by Gasteiger charge is 2.21. The van der Waals surface area contributed by atoms with Crippen LogP contribution in [-0.4, -0.2) is 29.9 Å². The molecule has 0 saturated heterocycles. The van der Waals surface area contributed by atoms with E-state index in [1.807, 2.05) is 43.3 Å². The van der Waals surface area contributed by atoms with E-state index < -0.39 is 4.92 Å². The molecule has 0 heterocycles. The number of rotatable bonds is 6. The van der Waals surface area contributed by atoms with Gasteiger partial charge in [0.05, 0.1) is 18.0 Å². The van der Waals surface area contributed by atoms with Crippen molar-refractivity contribution < 1.29 is 14.5 Å². The van der Waals surface area contributed by atoms with Gasteiger partial charge in [-0.1, -0.05) is 35.9 Å². The summed E-state index contributed by atoms with van der Waals surface area (Å²) in [6, 6.07) is 15.9. The first kappa shape index (κ1) is 20.6. The molecule has 3 aromatic carbocycles. The Morgan fingerprint density at radius 3 is 2.52 bits per heavy atom. The van der Waals surface area contributed by atoms with Crippen LogP contribution >= 0.6 is 11.6 Å². The van der Waals surface area contributed by atoms with Crippen LogP contribution in [0.15, 0.2) is 54.6 Å². The zero-order valence-electron chi connectivity index (χ0n) is 16.4. The number of carbonyl (C=O) groups is 1. The van der Waals surface area contributed by atoms with E-state index in [-0.39, 0.29) is 24.1 Å². The first-order valence-corrected chi connectivity index (χ1v) is 9.43. The molecule has 1 amide bonds. The fourth-order valence-corrected chi connectivity index (χ4v) is 3.42. The third-order valence-electron chi connectivity index (χ3n) is 4.97. The van der Waals surface area contributed by atoms with Crippen LogP contribution in [-0.2, 0) is 11.3 Å². The number of non-ortho nitro benzene ring substituents is 1. The molecule has 0 aliphatic heterocycles. The summed E-state index contributed by atoms with van der Waals surface area (Å²) < 4.78 is 5.25. The normalized spacial score (nSPS) is 11.9. The van der Waals surface area contributed by atoms with Crippen molar-refractivity contribution in [3.63, 3.8) is 0 Å². The molecular formula is C22H21ClN2O4. The van der Waals surface area contributed by atoms with Crippen LogP contribution in [0.3, 0.4) is 0 Å². The lowest BCUT2D eigenvalue weighted by Crippen LogP contribution is -2.30. The maximum atomic E-state index is 12.9. The predicted octanol–water partition coefficient (Wildman–Crippen LogP) is 5.17. The molecule has 0 N–H and O–H groups in total.